The largest absolute Gasteiger partial charge is 0.380 e. The van der Waals surface area contributed by atoms with Crippen molar-refractivity contribution in [2.45, 2.75) is 51.8 Å². The third kappa shape index (κ3) is 2.76. The molecule has 2 heterocycles. The number of hydrogen-bond donors (Lipinski definition) is 1. The smallest absolute Gasteiger partial charge is 0.0728 e. The van der Waals surface area contributed by atoms with Gasteiger partial charge in [0.15, 0.2) is 0 Å². The van der Waals surface area contributed by atoms with Gasteiger partial charge < -0.3 is 10.1 Å². The molecule has 0 radical (unpaired) electrons. The highest BCUT2D eigenvalue weighted by Crippen LogP contribution is 2.18. The van der Waals surface area contributed by atoms with Gasteiger partial charge in [-0.15, -0.1) is 0 Å². The fraction of sp³-hybridized carbons (Fsp3) is 0.750. The molecule has 2 unspecified atom stereocenters. The third-order valence-corrected chi connectivity index (χ3v) is 2.99. The number of anilines is 1. The van der Waals surface area contributed by atoms with Gasteiger partial charge in [-0.2, -0.15) is 5.10 Å². The molecule has 1 N–H and O–H groups in total. The summed E-state index contributed by atoms with van der Waals surface area (Å²) in [5.74, 6) is 0. The Morgan fingerprint density at radius 2 is 2.38 bits per heavy atom. The molecule has 0 aromatic carbocycles. The number of ether oxygens (including phenoxy) is 1. The summed E-state index contributed by atoms with van der Waals surface area (Å²) in [7, 11) is 0. The minimum absolute atomic E-state index is 0.367. The molecule has 4 nitrogen and oxygen atoms in total. The van der Waals surface area contributed by atoms with Gasteiger partial charge in [0.05, 0.1) is 18.0 Å². The maximum absolute atomic E-state index is 5.53. The molecule has 0 bridgehead atoms. The molecule has 2 atom stereocenters. The Morgan fingerprint density at radius 1 is 1.56 bits per heavy atom. The van der Waals surface area contributed by atoms with Crippen molar-refractivity contribution in [2.75, 3.05) is 11.9 Å². The minimum Gasteiger partial charge on any atom is -0.380 e. The summed E-state index contributed by atoms with van der Waals surface area (Å²) in [6.45, 7) is 7.25. The van der Waals surface area contributed by atoms with E-state index in [2.05, 4.69) is 37.4 Å². The summed E-state index contributed by atoms with van der Waals surface area (Å²) in [4.78, 5) is 0. The van der Waals surface area contributed by atoms with Crippen molar-refractivity contribution >= 4 is 5.69 Å². The molecule has 4 heteroatoms. The van der Waals surface area contributed by atoms with E-state index in [1.165, 1.54) is 0 Å². The predicted octanol–water partition coefficient (Wildman–Crippen LogP) is 2.44. The van der Waals surface area contributed by atoms with E-state index in [0.29, 0.717) is 18.2 Å². The van der Waals surface area contributed by atoms with Crippen LogP contribution in [-0.2, 0) is 4.74 Å². The molecule has 1 aromatic heterocycles. The standard InChI is InChI=1S/C12H21N3O/c1-9(2)15-8-12(7-13-15)14-11-4-5-16-10(3)6-11/h7-11,14H,4-6H2,1-3H3. The molecule has 0 spiro atoms. The molecule has 0 amide bonds. The monoisotopic (exact) mass is 223 g/mol. The van der Waals surface area contributed by atoms with E-state index >= 15 is 0 Å². The SMILES string of the molecule is CC1CC(Nc2cnn(C(C)C)c2)CCO1. The number of aromatic nitrogens is 2. The van der Waals surface area contributed by atoms with Crippen LogP contribution in [0.5, 0.6) is 0 Å². The zero-order valence-electron chi connectivity index (χ0n) is 10.3. The molecule has 1 aromatic rings. The Morgan fingerprint density at radius 3 is 3.00 bits per heavy atom. The van der Waals surface area contributed by atoms with Crippen LogP contribution >= 0.6 is 0 Å². The van der Waals surface area contributed by atoms with Crippen LogP contribution < -0.4 is 5.32 Å². The molecule has 1 aliphatic rings. The van der Waals surface area contributed by atoms with Crippen LogP contribution in [-0.4, -0.2) is 28.5 Å². The van der Waals surface area contributed by atoms with E-state index in [1.54, 1.807) is 0 Å². The lowest BCUT2D eigenvalue weighted by molar-refractivity contribution is 0.0232. The summed E-state index contributed by atoms with van der Waals surface area (Å²) in [6.07, 6.45) is 6.50. The van der Waals surface area contributed by atoms with E-state index in [4.69, 9.17) is 4.74 Å². The highest BCUT2D eigenvalue weighted by Gasteiger charge is 2.19. The first-order valence-corrected chi connectivity index (χ1v) is 6.07. The van der Waals surface area contributed by atoms with Gasteiger partial charge in [0.2, 0.25) is 0 Å². The second kappa shape index (κ2) is 4.87. The van der Waals surface area contributed by atoms with E-state index in [9.17, 15) is 0 Å². The Kier molecular flexibility index (Phi) is 3.49. The van der Waals surface area contributed by atoms with Gasteiger partial charge >= 0.3 is 0 Å². The van der Waals surface area contributed by atoms with Crippen LogP contribution in [0.1, 0.15) is 39.7 Å². The number of hydrogen-bond acceptors (Lipinski definition) is 3. The zero-order valence-corrected chi connectivity index (χ0v) is 10.3. The van der Waals surface area contributed by atoms with Crippen molar-refractivity contribution in [3.8, 4) is 0 Å². The van der Waals surface area contributed by atoms with Gasteiger partial charge in [-0.25, -0.2) is 0 Å². The lowest BCUT2D eigenvalue weighted by Crippen LogP contribution is -2.32. The predicted molar refractivity (Wildman–Crippen MR) is 64.7 cm³/mol. The maximum atomic E-state index is 5.53. The average molecular weight is 223 g/mol. The quantitative estimate of drug-likeness (QED) is 0.855. The van der Waals surface area contributed by atoms with Crippen molar-refractivity contribution in [3.05, 3.63) is 12.4 Å². The second-order valence-electron chi connectivity index (χ2n) is 4.85. The summed E-state index contributed by atoms with van der Waals surface area (Å²) >= 11 is 0. The molecular formula is C12H21N3O. The maximum Gasteiger partial charge on any atom is 0.0728 e. The van der Waals surface area contributed by atoms with Crippen LogP contribution in [0.2, 0.25) is 0 Å². The van der Waals surface area contributed by atoms with Crippen molar-refractivity contribution in [1.82, 2.24) is 9.78 Å². The van der Waals surface area contributed by atoms with Crippen molar-refractivity contribution in [2.24, 2.45) is 0 Å². The number of rotatable bonds is 3. The van der Waals surface area contributed by atoms with Gasteiger partial charge in [-0.05, 0) is 33.6 Å². The van der Waals surface area contributed by atoms with Gasteiger partial charge in [-0.1, -0.05) is 0 Å². The minimum atomic E-state index is 0.367. The van der Waals surface area contributed by atoms with Crippen molar-refractivity contribution in [3.63, 3.8) is 0 Å². The molecule has 1 fully saturated rings. The number of nitrogens with zero attached hydrogens (tertiary/aromatic N) is 2. The Hall–Kier alpha value is -1.03. The lowest BCUT2D eigenvalue weighted by atomic mass is 10.0. The van der Waals surface area contributed by atoms with E-state index in [0.717, 1.165) is 25.1 Å². The van der Waals surface area contributed by atoms with Gasteiger partial charge in [0, 0.05) is 24.9 Å². The Labute approximate surface area is 97.0 Å². The van der Waals surface area contributed by atoms with Gasteiger partial charge in [0.1, 0.15) is 0 Å². The molecule has 1 saturated heterocycles. The first-order valence-electron chi connectivity index (χ1n) is 6.07. The van der Waals surface area contributed by atoms with Gasteiger partial charge in [0.25, 0.3) is 0 Å². The second-order valence-corrected chi connectivity index (χ2v) is 4.85. The molecular weight excluding hydrogens is 202 g/mol. The third-order valence-electron chi connectivity index (χ3n) is 2.99. The highest BCUT2D eigenvalue weighted by atomic mass is 16.5. The van der Waals surface area contributed by atoms with Crippen LogP contribution in [0.4, 0.5) is 5.69 Å². The Balaban J connectivity index is 1.92. The molecule has 0 aliphatic carbocycles. The summed E-state index contributed by atoms with van der Waals surface area (Å²) < 4.78 is 7.51. The lowest BCUT2D eigenvalue weighted by Gasteiger charge is -2.28. The van der Waals surface area contributed by atoms with Crippen molar-refractivity contribution < 1.29 is 4.74 Å². The number of nitrogens with one attached hydrogen (secondary N) is 1. The topological polar surface area (TPSA) is 39.1 Å². The van der Waals surface area contributed by atoms with Crippen molar-refractivity contribution in [1.29, 1.82) is 0 Å². The first-order chi connectivity index (χ1) is 7.65. The van der Waals surface area contributed by atoms with Crippen LogP contribution in [0.3, 0.4) is 0 Å². The normalized spacial score (nSPS) is 26.0. The summed E-state index contributed by atoms with van der Waals surface area (Å²) in [5.41, 5.74) is 1.12. The fourth-order valence-electron chi connectivity index (χ4n) is 2.06. The molecule has 2 rings (SSSR count). The molecule has 0 saturated carbocycles. The van der Waals surface area contributed by atoms with Crippen LogP contribution in [0.25, 0.3) is 0 Å². The van der Waals surface area contributed by atoms with E-state index < -0.39 is 0 Å². The highest BCUT2D eigenvalue weighted by molar-refractivity contribution is 5.39. The molecule has 90 valence electrons. The Bertz CT molecular complexity index is 335. The van der Waals surface area contributed by atoms with E-state index in [1.807, 2.05) is 10.9 Å². The van der Waals surface area contributed by atoms with Gasteiger partial charge in [-0.3, -0.25) is 4.68 Å². The van der Waals surface area contributed by atoms with Crippen LogP contribution in [0.15, 0.2) is 12.4 Å². The zero-order chi connectivity index (χ0) is 11.5. The molecule has 16 heavy (non-hydrogen) atoms. The molecule has 1 aliphatic heterocycles. The average Bonchev–Trinajstić information content (AvgIpc) is 2.66. The fourth-order valence-corrected chi connectivity index (χ4v) is 2.06. The van der Waals surface area contributed by atoms with Crippen LogP contribution in [0, 0.1) is 0 Å². The first kappa shape index (κ1) is 11.5. The summed E-state index contributed by atoms with van der Waals surface area (Å²) in [5, 5.41) is 7.85. The summed E-state index contributed by atoms with van der Waals surface area (Å²) in [6, 6.07) is 0.942. The van der Waals surface area contributed by atoms with E-state index in [-0.39, 0.29) is 0 Å².